The summed E-state index contributed by atoms with van der Waals surface area (Å²) in [4.78, 5) is 12.4. The number of nitrogen functional groups attached to an aromatic ring is 1. The van der Waals surface area contributed by atoms with Crippen molar-refractivity contribution in [3.8, 4) is 11.5 Å². The normalized spacial score (nSPS) is 20.3. The first-order valence-electron chi connectivity index (χ1n) is 10.5. The Labute approximate surface area is 178 Å². The fraction of sp³-hybridized carbons (Fsp3) is 0.200. The van der Waals surface area contributed by atoms with Crippen molar-refractivity contribution in [2.24, 2.45) is 9.98 Å². The third kappa shape index (κ3) is 2.68. The summed E-state index contributed by atoms with van der Waals surface area (Å²) >= 11 is 0. The van der Waals surface area contributed by atoms with Gasteiger partial charge in [0.05, 0.1) is 21.5 Å². The average molecular weight is 410 g/mol. The van der Waals surface area contributed by atoms with E-state index in [2.05, 4.69) is 29.2 Å². The highest BCUT2D eigenvalue weighted by Gasteiger charge is 2.39. The molecule has 0 aromatic heterocycles. The van der Waals surface area contributed by atoms with Gasteiger partial charge < -0.3 is 15.9 Å². The van der Waals surface area contributed by atoms with Crippen molar-refractivity contribution in [1.82, 2.24) is 4.90 Å². The van der Waals surface area contributed by atoms with Crippen LogP contribution in [0.3, 0.4) is 0 Å². The largest absolute Gasteiger partial charge is 0.507 e. The van der Waals surface area contributed by atoms with Crippen LogP contribution < -0.4 is 16.4 Å². The lowest BCUT2D eigenvalue weighted by molar-refractivity contribution is 0.306. The summed E-state index contributed by atoms with van der Waals surface area (Å²) in [7, 11) is 0. The van der Waals surface area contributed by atoms with E-state index in [4.69, 9.17) is 15.7 Å². The van der Waals surface area contributed by atoms with E-state index in [-0.39, 0.29) is 11.5 Å². The predicted octanol–water partition coefficient (Wildman–Crippen LogP) is 2.84. The molecule has 2 aliphatic heterocycles. The zero-order valence-electron chi connectivity index (χ0n) is 16.9. The van der Waals surface area contributed by atoms with Gasteiger partial charge in [-0.3, -0.25) is 14.9 Å². The zero-order chi connectivity index (χ0) is 21.2. The molecule has 2 heterocycles. The molecule has 31 heavy (non-hydrogen) atoms. The summed E-state index contributed by atoms with van der Waals surface area (Å²) in [5.74, 6) is 0.152. The summed E-state index contributed by atoms with van der Waals surface area (Å²) in [5, 5.41) is 25.5. The van der Waals surface area contributed by atoms with Crippen LogP contribution >= 0.6 is 0 Å². The van der Waals surface area contributed by atoms with Crippen molar-refractivity contribution >= 4 is 27.2 Å². The quantitative estimate of drug-likeness (QED) is 0.269. The van der Waals surface area contributed by atoms with Gasteiger partial charge in [-0.1, -0.05) is 42.5 Å². The van der Waals surface area contributed by atoms with Gasteiger partial charge in [0.15, 0.2) is 5.66 Å². The van der Waals surface area contributed by atoms with Gasteiger partial charge in [0.2, 0.25) is 0 Å². The number of nitrogens with zero attached hydrogens (tertiary/aromatic N) is 3. The Hall–Kier alpha value is -3.64. The number of aromatic hydroxyl groups is 2. The van der Waals surface area contributed by atoms with Gasteiger partial charge >= 0.3 is 0 Å². The maximum atomic E-state index is 11.1. The molecule has 1 fully saturated rings. The highest BCUT2D eigenvalue weighted by atomic mass is 16.3. The van der Waals surface area contributed by atoms with E-state index < -0.39 is 5.66 Å². The highest BCUT2D eigenvalue weighted by Crippen LogP contribution is 2.42. The summed E-state index contributed by atoms with van der Waals surface area (Å²) in [6.45, 7) is 2.50. The van der Waals surface area contributed by atoms with Gasteiger partial charge in [-0.15, -0.1) is 0 Å². The van der Waals surface area contributed by atoms with Crippen molar-refractivity contribution in [2.75, 3.05) is 18.8 Å². The van der Waals surface area contributed by atoms with E-state index in [1.807, 2.05) is 12.1 Å². The van der Waals surface area contributed by atoms with Crippen molar-refractivity contribution in [3.63, 3.8) is 0 Å². The molecule has 1 spiro atoms. The van der Waals surface area contributed by atoms with Crippen LogP contribution in [0.2, 0.25) is 0 Å². The van der Waals surface area contributed by atoms with Crippen LogP contribution in [0.15, 0.2) is 70.6 Å². The number of hydrogen-bond donors (Lipinski definition) is 3. The fourth-order valence-electron chi connectivity index (χ4n) is 4.99. The number of phenols is 2. The van der Waals surface area contributed by atoms with Crippen LogP contribution in [0.1, 0.15) is 12.0 Å². The lowest BCUT2D eigenvalue weighted by Crippen LogP contribution is -2.29. The first-order valence-corrected chi connectivity index (χ1v) is 10.5. The van der Waals surface area contributed by atoms with Crippen LogP contribution in [-0.4, -0.2) is 33.9 Å². The molecule has 4 aromatic carbocycles. The second-order valence-corrected chi connectivity index (χ2v) is 8.48. The Morgan fingerprint density at radius 2 is 1.65 bits per heavy atom. The summed E-state index contributed by atoms with van der Waals surface area (Å²) in [5.41, 5.74) is 7.24. The maximum absolute atomic E-state index is 11.1. The maximum Gasteiger partial charge on any atom is 0.165 e. The minimum absolute atomic E-state index is 0.0666. The molecule has 6 nitrogen and oxygen atoms in total. The van der Waals surface area contributed by atoms with Gasteiger partial charge in [0.25, 0.3) is 0 Å². The molecule has 154 valence electrons. The monoisotopic (exact) mass is 410 g/mol. The van der Waals surface area contributed by atoms with Gasteiger partial charge in [-0.2, -0.15) is 0 Å². The van der Waals surface area contributed by atoms with Gasteiger partial charge in [-0.25, -0.2) is 0 Å². The molecule has 6 rings (SSSR count). The molecular formula is C25H22N4O2. The van der Waals surface area contributed by atoms with Crippen molar-refractivity contribution in [2.45, 2.75) is 18.6 Å². The van der Waals surface area contributed by atoms with Crippen LogP contribution in [-0.2, 0) is 6.54 Å². The van der Waals surface area contributed by atoms with E-state index in [1.54, 1.807) is 24.3 Å². The van der Waals surface area contributed by atoms with Gasteiger partial charge in [0.1, 0.15) is 11.5 Å². The molecule has 1 atom stereocenters. The van der Waals surface area contributed by atoms with Crippen molar-refractivity contribution in [3.05, 3.63) is 76.9 Å². The molecule has 0 saturated carbocycles. The molecule has 6 heteroatoms. The predicted molar refractivity (Wildman–Crippen MR) is 121 cm³/mol. The molecule has 0 bridgehead atoms. The van der Waals surface area contributed by atoms with Crippen LogP contribution in [0.5, 0.6) is 11.5 Å². The molecule has 0 radical (unpaired) electrons. The highest BCUT2D eigenvalue weighted by molar-refractivity contribution is 6.14. The third-order valence-corrected chi connectivity index (χ3v) is 6.44. The molecule has 1 unspecified atom stereocenters. The van der Waals surface area contributed by atoms with Gasteiger partial charge in [0, 0.05) is 42.5 Å². The Morgan fingerprint density at radius 1 is 0.871 bits per heavy atom. The molecule has 0 amide bonds. The fourth-order valence-corrected chi connectivity index (χ4v) is 4.99. The molecular weight excluding hydrogens is 388 g/mol. The topological polar surface area (TPSA) is 94.4 Å². The van der Waals surface area contributed by atoms with Crippen LogP contribution in [0.4, 0.5) is 5.69 Å². The Bertz CT molecular complexity index is 1480. The Morgan fingerprint density at radius 3 is 2.48 bits per heavy atom. The number of rotatable bonds is 2. The Balaban J connectivity index is 1.49. The number of benzene rings is 4. The summed E-state index contributed by atoms with van der Waals surface area (Å²) < 4.78 is 0. The Kier molecular flexibility index (Phi) is 3.76. The lowest BCUT2D eigenvalue weighted by Gasteiger charge is -2.19. The van der Waals surface area contributed by atoms with E-state index >= 15 is 0 Å². The second kappa shape index (κ2) is 6.43. The smallest absolute Gasteiger partial charge is 0.165 e. The van der Waals surface area contributed by atoms with Gasteiger partial charge in [-0.05, 0) is 23.8 Å². The number of anilines is 1. The molecule has 2 aliphatic rings. The molecule has 4 aromatic rings. The van der Waals surface area contributed by atoms with E-state index in [0.717, 1.165) is 31.4 Å². The average Bonchev–Trinajstić information content (AvgIpc) is 3.34. The van der Waals surface area contributed by atoms with E-state index in [1.165, 1.54) is 5.56 Å². The lowest BCUT2D eigenvalue weighted by atomic mass is 9.99. The van der Waals surface area contributed by atoms with E-state index in [0.29, 0.717) is 32.6 Å². The number of likely N-dealkylation sites (tertiary alicyclic amines) is 1. The summed E-state index contributed by atoms with van der Waals surface area (Å²) in [6.07, 6.45) is 0.823. The number of hydrogen-bond acceptors (Lipinski definition) is 6. The zero-order valence-corrected chi connectivity index (χ0v) is 16.9. The van der Waals surface area contributed by atoms with Crippen LogP contribution in [0.25, 0.3) is 21.5 Å². The molecule has 1 saturated heterocycles. The number of fused-ring (bicyclic) bond motifs is 4. The molecule has 0 aliphatic carbocycles. The van der Waals surface area contributed by atoms with Crippen LogP contribution in [0, 0.1) is 0 Å². The minimum atomic E-state index is -0.544. The van der Waals surface area contributed by atoms with E-state index in [9.17, 15) is 10.2 Å². The number of phenolic OH excluding ortho intramolecular Hbond substituents is 2. The summed E-state index contributed by atoms with van der Waals surface area (Å²) in [6, 6.07) is 19.3. The minimum Gasteiger partial charge on any atom is -0.507 e. The third-order valence-electron chi connectivity index (χ3n) is 6.44. The SMILES string of the molecule is Nc1cccc2c(O)c3c4c(ccc3c(O)c12)=NC1(CCN(Cc2ccccc2)C1)N=4. The van der Waals surface area contributed by atoms with Crippen molar-refractivity contribution < 1.29 is 10.2 Å². The number of nitrogens with two attached hydrogens (primary N) is 1. The van der Waals surface area contributed by atoms with Crippen molar-refractivity contribution in [1.29, 1.82) is 0 Å². The molecule has 4 N–H and O–H groups in total. The first-order chi connectivity index (χ1) is 15.0. The first kappa shape index (κ1) is 18.2. The second-order valence-electron chi connectivity index (χ2n) is 8.48. The standard InChI is InChI=1S/C25H22N4O2/c26-18-8-4-7-16-20(18)23(30)17-9-10-19-22(21(17)24(16)31)28-25(27-19)11-12-29(14-25)13-15-5-2-1-3-6-15/h1-10,30-31H,11-14,26H2.